The molecular weight excluding hydrogens is 355 g/mol. The molecule has 0 heterocycles. The summed E-state index contributed by atoms with van der Waals surface area (Å²) in [6, 6.07) is 2.69. The van der Waals surface area contributed by atoms with E-state index in [1.165, 1.54) is 6.92 Å². The highest BCUT2D eigenvalue weighted by Crippen LogP contribution is 2.29. The van der Waals surface area contributed by atoms with Crippen LogP contribution in [0.3, 0.4) is 0 Å². The van der Waals surface area contributed by atoms with Crippen LogP contribution in [0.25, 0.3) is 0 Å². The molecule has 0 aliphatic carbocycles. The average molecular weight is 375 g/mol. The van der Waals surface area contributed by atoms with Gasteiger partial charge in [-0.05, 0) is 31.0 Å². The summed E-state index contributed by atoms with van der Waals surface area (Å²) in [6.45, 7) is 3.25. The lowest BCUT2D eigenvalue weighted by Gasteiger charge is -2.18. The summed E-state index contributed by atoms with van der Waals surface area (Å²) in [5.41, 5.74) is -0.536. The predicted molar refractivity (Wildman–Crippen MR) is 85.1 cm³/mol. The van der Waals surface area contributed by atoms with Crippen LogP contribution in [-0.4, -0.2) is 35.6 Å². The van der Waals surface area contributed by atoms with E-state index in [1.54, 1.807) is 6.92 Å². The maximum atomic E-state index is 12.5. The molecule has 9 heteroatoms. The Balaban J connectivity index is 2.67. The quantitative estimate of drug-likeness (QED) is 0.681. The van der Waals surface area contributed by atoms with Crippen LogP contribution < -0.4 is 5.32 Å². The number of halogens is 3. The topological polar surface area (TPSA) is 92.7 Å². The fourth-order valence-electron chi connectivity index (χ4n) is 2.20. The minimum atomic E-state index is -4.47. The third-order valence-electron chi connectivity index (χ3n) is 3.56. The highest BCUT2D eigenvalue weighted by molar-refractivity contribution is 5.85. The van der Waals surface area contributed by atoms with Crippen molar-refractivity contribution in [3.63, 3.8) is 0 Å². The number of carboxylic acids is 1. The van der Waals surface area contributed by atoms with Crippen molar-refractivity contribution in [2.24, 2.45) is 5.92 Å². The molecule has 26 heavy (non-hydrogen) atoms. The number of benzene rings is 1. The molecule has 1 aromatic carbocycles. The summed E-state index contributed by atoms with van der Waals surface area (Å²) < 4.78 is 42.3. The maximum absolute atomic E-state index is 12.5. The lowest BCUT2D eigenvalue weighted by molar-refractivity contribution is -0.149. The zero-order valence-corrected chi connectivity index (χ0v) is 14.3. The Labute approximate surface area is 148 Å². The van der Waals surface area contributed by atoms with Crippen molar-refractivity contribution >= 4 is 17.8 Å². The van der Waals surface area contributed by atoms with E-state index in [1.807, 2.05) is 0 Å². The van der Waals surface area contributed by atoms with Crippen LogP contribution in [0.4, 0.5) is 13.2 Å². The number of carbonyl (C=O) groups is 3. The van der Waals surface area contributed by atoms with Crippen molar-refractivity contribution in [3.05, 3.63) is 35.4 Å². The highest BCUT2D eigenvalue weighted by Gasteiger charge is 2.30. The van der Waals surface area contributed by atoms with Gasteiger partial charge in [-0.1, -0.05) is 19.1 Å². The molecule has 1 rings (SSSR count). The van der Waals surface area contributed by atoms with Gasteiger partial charge in [0.1, 0.15) is 6.04 Å². The van der Waals surface area contributed by atoms with Gasteiger partial charge < -0.3 is 15.2 Å². The van der Waals surface area contributed by atoms with E-state index < -0.39 is 41.5 Å². The summed E-state index contributed by atoms with van der Waals surface area (Å²) in [5.74, 6) is -3.30. The minimum absolute atomic E-state index is 0.154. The molecule has 0 spiro atoms. The SMILES string of the molecule is CCOC(=O)[C@H](C)C[C@H](NC(=O)Cc1ccc(C(F)(F)F)cc1)C(=O)O. The van der Waals surface area contributed by atoms with E-state index >= 15 is 0 Å². The third kappa shape index (κ3) is 6.73. The number of carbonyl (C=O) groups excluding carboxylic acids is 2. The van der Waals surface area contributed by atoms with Crippen molar-refractivity contribution in [2.75, 3.05) is 6.61 Å². The first-order valence-corrected chi connectivity index (χ1v) is 7.89. The predicted octanol–water partition coefficient (Wildman–Crippen LogP) is 2.41. The van der Waals surface area contributed by atoms with Gasteiger partial charge >= 0.3 is 18.1 Å². The van der Waals surface area contributed by atoms with E-state index in [0.29, 0.717) is 5.56 Å². The van der Waals surface area contributed by atoms with Crippen molar-refractivity contribution < 1.29 is 37.4 Å². The van der Waals surface area contributed by atoms with E-state index in [2.05, 4.69) is 5.32 Å². The van der Waals surface area contributed by atoms with E-state index in [9.17, 15) is 32.7 Å². The van der Waals surface area contributed by atoms with Crippen LogP contribution in [0.2, 0.25) is 0 Å². The number of hydrogen-bond donors (Lipinski definition) is 2. The second-order valence-corrected chi connectivity index (χ2v) is 5.72. The third-order valence-corrected chi connectivity index (χ3v) is 3.56. The Bertz CT molecular complexity index is 643. The van der Waals surface area contributed by atoms with Gasteiger partial charge in [0.2, 0.25) is 5.91 Å². The maximum Gasteiger partial charge on any atom is 0.416 e. The van der Waals surface area contributed by atoms with E-state index in [-0.39, 0.29) is 19.4 Å². The summed E-state index contributed by atoms with van der Waals surface area (Å²) >= 11 is 0. The van der Waals surface area contributed by atoms with Gasteiger partial charge in [0.05, 0.1) is 24.5 Å². The van der Waals surface area contributed by atoms with Crippen molar-refractivity contribution in [1.82, 2.24) is 5.32 Å². The molecule has 2 atom stereocenters. The lowest BCUT2D eigenvalue weighted by Crippen LogP contribution is -2.43. The number of nitrogens with one attached hydrogen (secondary N) is 1. The molecule has 1 aromatic rings. The second kappa shape index (κ2) is 9.21. The molecule has 0 aliphatic heterocycles. The van der Waals surface area contributed by atoms with Gasteiger partial charge in [0, 0.05) is 0 Å². The summed E-state index contributed by atoms with van der Waals surface area (Å²) in [7, 11) is 0. The smallest absolute Gasteiger partial charge is 0.416 e. The number of ether oxygens (including phenoxy) is 1. The summed E-state index contributed by atoms with van der Waals surface area (Å²) in [6.07, 6.45) is -4.92. The molecule has 2 N–H and O–H groups in total. The van der Waals surface area contributed by atoms with Gasteiger partial charge in [-0.15, -0.1) is 0 Å². The highest BCUT2D eigenvalue weighted by atomic mass is 19.4. The van der Waals surface area contributed by atoms with Crippen LogP contribution in [0, 0.1) is 5.92 Å². The normalized spacial score (nSPS) is 13.6. The Kier molecular flexibility index (Phi) is 7.60. The molecule has 1 amide bonds. The molecule has 0 aliphatic rings. The van der Waals surface area contributed by atoms with Gasteiger partial charge in [0.15, 0.2) is 0 Å². The largest absolute Gasteiger partial charge is 0.480 e. The van der Waals surface area contributed by atoms with Crippen molar-refractivity contribution in [2.45, 2.75) is 38.9 Å². The van der Waals surface area contributed by atoms with E-state index in [0.717, 1.165) is 24.3 Å². The molecule has 0 bridgehead atoms. The Hall–Kier alpha value is -2.58. The first-order chi connectivity index (χ1) is 12.0. The van der Waals surface area contributed by atoms with Crippen LogP contribution in [0.15, 0.2) is 24.3 Å². The molecular formula is C17H20F3NO5. The number of hydrogen-bond acceptors (Lipinski definition) is 4. The Morgan fingerprint density at radius 2 is 1.77 bits per heavy atom. The standard InChI is InChI=1S/C17H20F3NO5/c1-3-26-16(25)10(2)8-13(15(23)24)21-14(22)9-11-4-6-12(7-5-11)17(18,19)20/h4-7,10,13H,3,8-9H2,1-2H3,(H,21,22)(H,23,24)/t10-,13+/m1/s1. The van der Waals surface area contributed by atoms with Crippen LogP contribution >= 0.6 is 0 Å². The number of esters is 1. The Morgan fingerprint density at radius 3 is 2.23 bits per heavy atom. The van der Waals surface area contributed by atoms with Gasteiger partial charge in [-0.2, -0.15) is 13.2 Å². The average Bonchev–Trinajstić information content (AvgIpc) is 2.53. The molecule has 0 aromatic heterocycles. The van der Waals surface area contributed by atoms with Crippen molar-refractivity contribution in [3.8, 4) is 0 Å². The lowest BCUT2D eigenvalue weighted by atomic mass is 10.0. The minimum Gasteiger partial charge on any atom is -0.480 e. The molecule has 0 saturated carbocycles. The molecule has 144 valence electrons. The summed E-state index contributed by atoms with van der Waals surface area (Å²) in [4.78, 5) is 34.8. The molecule has 0 fully saturated rings. The van der Waals surface area contributed by atoms with Gasteiger partial charge in [0.25, 0.3) is 0 Å². The molecule has 0 unspecified atom stereocenters. The number of rotatable bonds is 8. The molecule has 0 saturated heterocycles. The summed E-state index contributed by atoms with van der Waals surface area (Å²) in [5, 5.41) is 11.5. The molecule has 0 radical (unpaired) electrons. The number of amides is 1. The fourth-order valence-corrected chi connectivity index (χ4v) is 2.20. The van der Waals surface area contributed by atoms with Crippen LogP contribution in [-0.2, 0) is 31.7 Å². The number of carboxylic acid groups (broad SMARTS) is 1. The Morgan fingerprint density at radius 1 is 1.19 bits per heavy atom. The zero-order valence-electron chi connectivity index (χ0n) is 14.3. The fraction of sp³-hybridized carbons (Fsp3) is 0.471. The van der Waals surface area contributed by atoms with Gasteiger partial charge in [-0.3, -0.25) is 9.59 Å². The van der Waals surface area contributed by atoms with Crippen LogP contribution in [0.1, 0.15) is 31.4 Å². The van der Waals surface area contributed by atoms with E-state index in [4.69, 9.17) is 4.74 Å². The molecule has 6 nitrogen and oxygen atoms in total. The monoisotopic (exact) mass is 375 g/mol. The second-order valence-electron chi connectivity index (χ2n) is 5.72. The van der Waals surface area contributed by atoms with Crippen molar-refractivity contribution in [1.29, 1.82) is 0 Å². The first kappa shape index (κ1) is 21.5. The number of aliphatic carboxylic acids is 1. The van der Waals surface area contributed by atoms with Gasteiger partial charge in [-0.25, -0.2) is 4.79 Å². The van der Waals surface area contributed by atoms with Crippen LogP contribution in [0.5, 0.6) is 0 Å². The number of alkyl halides is 3. The zero-order chi connectivity index (χ0) is 19.9. The first-order valence-electron chi connectivity index (χ1n) is 7.89.